The molecule has 0 radical (unpaired) electrons. The van der Waals surface area contributed by atoms with E-state index in [0.29, 0.717) is 17.9 Å². The molecule has 5 heteroatoms. The summed E-state index contributed by atoms with van der Waals surface area (Å²) in [5.41, 5.74) is 7.72. The highest BCUT2D eigenvalue weighted by molar-refractivity contribution is 7.89. The van der Waals surface area contributed by atoms with E-state index in [-0.39, 0.29) is 6.04 Å². The average molecular weight is 270 g/mol. The lowest BCUT2D eigenvalue weighted by Gasteiger charge is -2.18. The van der Waals surface area contributed by atoms with Crippen LogP contribution in [0.4, 0.5) is 0 Å². The summed E-state index contributed by atoms with van der Waals surface area (Å²) in [5, 5.41) is 0. The lowest BCUT2D eigenvalue weighted by atomic mass is 10.1. The number of nitrogens with zero attached hydrogens (tertiary/aromatic N) is 1. The van der Waals surface area contributed by atoms with Crippen molar-refractivity contribution in [1.82, 2.24) is 4.31 Å². The molecule has 0 aliphatic heterocycles. The van der Waals surface area contributed by atoms with Crippen LogP contribution < -0.4 is 5.73 Å². The zero-order valence-corrected chi connectivity index (χ0v) is 12.3. The summed E-state index contributed by atoms with van der Waals surface area (Å²) in [4.78, 5) is 0.345. The van der Waals surface area contributed by atoms with Crippen LogP contribution in [-0.4, -0.2) is 32.4 Å². The molecule has 0 saturated carbocycles. The van der Waals surface area contributed by atoms with Crippen LogP contribution in [-0.2, 0) is 10.0 Å². The minimum absolute atomic E-state index is 0.00223. The standard InChI is InChI=1S/C13H22N2O2S/c1-10-5-6-13(9-11(10)2)18(16,17)15(4)8-7-12(3)14/h5-6,9,12H,7-8,14H2,1-4H3. The van der Waals surface area contributed by atoms with Crippen molar-refractivity contribution in [2.45, 2.75) is 38.1 Å². The summed E-state index contributed by atoms with van der Waals surface area (Å²) in [6.07, 6.45) is 0.653. The van der Waals surface area contributed by atoms with Crippen molar-refractivity contribution in [2.75, 3.05) is 13.6 Å². The Bertz CT molecular complexity index is 510. The fourth-order valence-corrected chi connectivity index (χ4v) is 2.83. The average Bonchev–Trinajstić information content (AvgIpc) is 2.29. The summed E-state index contributed by atoms with van der Waals surface area (Å²) in [6, 6.07) is 5.21. The molecule has 1 aromatic carbocycles. The van der Waals surface area contributed by atoms with Crippen LogP contribution in [0, 0.1) is 13.8 Å². The van der Waals surface area contributed by atoms with Gasteiger partial charge in [-0.1, -0.05) is 6.07 Å². The van der Waals surface area contributed by atoms with Gasteiger partial charge in [0.1, 0.15) is 0 Å². The third kappa shape index (κ3) is 3.54. The highest BCUT2D eigenvalue weighted by atomic mass is 32.2. The quantitative estimate of drug-likeness (QED) is 0.885. The van der Waals surface area contributed by atoms with Crippen molar-refractivity contribution in [1.29, 1.82) is 0 Å². The molecule has 102 valence electrons. The molecular weight excluding hydrogens is 248 g/mol. The first kappa shape index (κ1) is 15.1. The van der Waals surface area contributed by atoms with Gasteiger partial charge >= 0.3 is 0 Å². The minimum atomic E-state index is -3.40. The van der Waals surface area contributed by atoms with Gasteiger partial charge in [0, 0.05) is 19.6 Å². The number of rotatable bonds is 5. The fourth-order valence-electron chi connectivity index (χ4n) is 1.56. The van der Waals surface area contributed by atoms with E-state index in [1.807, 2.05) is 26.8 Å². The SMILES string of the molecule is Cc1ccc(S(=O)(=O)N(C)CCC(C)N)cc1C. The maximum Gasteiger partial charge on any atom is 0.242 e. The van der Waals surface area contributed by atoms with Crippen molar-refractivity contribution in [2.24, 2.45) is 5.73 Å². The molecule has 0 bridgehead atoms. The summed E-state index contributed by atoms with van der Waals surface area (Å²) >= 11 is 0. The number of nitrogens with two attached hydrogens (primary N) is 1. The van der Waals surface area contributed by atoms with Gasteiger partial charge in [-0.15, -0.1) is 0 Å². The molecule has 2 N–H and O–H groups in total. The zero-order chi connectivity index (χ0) is 13.9. The Hall–Kier alpha value is -0.910. The van der Waals surface area contributed by atoms with E-state index in [4.69, 9.17) is 5.73 Å². The second-order valence-electron chi connectivity index (χ2n) is 4.84. The van der Waals surface area contributed by atoms with E-state index in [0.717, 1.165) is 11.1 Å². The largest absolute Gasteiger partial charge is 0.328 e. The fraction of sp³-hybridized carbons (Fsp3) is 0.538. The normalized spacial score (nSPS) is 13.9. The Balaban J connectivity index is 2.95. The number of sulfonamides is 1. The van der Waals surface area contributed by atoms with Crippen LogP contribution in [0.5, 0.6) is 0 Å². The molecule has 0 aliphatic rings. The zero-order valence-electron chi connectivity index (χ0n) is 11.5. The molecule has 0 heterocycles. The molecule has 1 aromatic rings. The molecule has 18 heavy (non-hydrogen) atoms. The lowest BCUT2D eigenvalue weighted by Crippen LogP contribution is -2.31. The first-order valence-electron chi connectivity index (χ1n) is 6.04. The monoisotopic (exact) mass is 270 g/mol. The first-order chi connectivity index (χ1) is 8.25. The van der Waals surface area contributed by atoms with E-state index in [1.165, 1.54) is 4.31 Å². The first-order valence-corrected chi connectivity index (χ1v) is 7.48. The molecule has 1 atom stereocenters. The van der Waals surface area contributed by atoms with Gasteiger partial charge in [0.05, 0.1) is 4.90 Å². The van der Waals surface area contributed by atoms with E-state index >= 15 is 0 Å². The predicted octanol–water partition coefficient (Wildman–Crippen LogP) is 1.66. The van der Waals surface area contributed by atoms with Gasteiger partial charge in [0.15, 0.2) is 0 Å². The Kier molecular flexibility index (Phi) is 4.90. The van der Waals surface area contributed by atoms with Crippen molar-refractivity contribution in [3.05, 3.63) is 29.3 Å². The van der Waals surface area contributed by atoms with Gasteiger partial charge in [-0.2, -0.15) is 0 Å². The Morgan fingerprint density at radius 1 is 1.28 bits per heavy atom. The van der Waals surface area contributed by atoms with E-state index in [2.05, 4.69) is 0 Å². The Morgan fingerprint density at radius 3 is 2.39 bits per heavy atom. The van der Waals surface area contributed by atoms with E-state index < -0.39 is 10.0 Å². The van der Waals surface area contributed by atoms with E-state index in [1.54, 1.807) is 19.2 Å². The summed E-state index contributed by atoms with van der Waals surface area (Å²) < 4.78 is 25.9. The number of benzene rings is 1. The second kappa shape index (κ2) is 5.82. The molecule has 0 amide bonds. The number of hydrogen-bond acceptors (Lipinski definition) is 3. The summed E-state index contributed by atoms with van der Waals surface area (Å²) in [6.45, 7) is 6.19. The third-order valence-corrected chi connectivity index (χ3v) is 4.94. The smallest absolute Gasteiger partial charge is 0.242 e. The Labute approximate surface area is 110 Å². The topological polar surface area (TPSA) is 63.4 Å². The molecule has 0 spiro atoms. The van der Waals surface area contributed by atoms with Gasteiger partial charge in [0.2, 0.25) is 10.0 Å². The molecule has 0 aromatic heterocycles. The molecule has 1 unspecified atom stereocenters. The number of aryl methyl sites for hydroxylation is 2. The van der Waals surface area contributed by atoms with Crippen molar-refractivity contribution in [3.63, 3.8) is 0 Å². The van der Waals surface area contributed by atoms with Gasteiger partial charge in [-0.25, -0.2) is 12.7 Å². The molecule has 4 nitrogen and oxygen atoms in total. The van der Waals surface area contributed by atoms with Gasteiger partial charge < -0.3 is 5.73 Å². The third-order valence-electron chi connectivity index (χ3n) is 3.09. The van der Waals surface area contributed by atoms with Gasteiger partial charge in [-0.05, 0) is 50.5 Å². The van der Waals surface area contributed by atoms with Crippen LogP contribution in [0.3, 0.4) is 0 Å². The molecule has 0 aliphatic carbocycles. The van der Waals surface area contributed by atoms with Crippen molar-refractivity contribution in [3.8, 4) is 0 Å². The predicted molar refractivity (Wildman–Crippen MR) is 74.0 cm³/mol. The maximum absolute atomic E-state index is 12.3. The van der Waals surface area contributed by atoms with Crippen LogP contribution in [0.15, 0.2) is 23.1 Å². The molecule has 1 rings (SSSR count). The highest BCUT2D eigenvalue weighted by Gasteiger charge is 2.20. The molecular formula is C13H22N2O2S. The van der Waals surface area contributed by atoms with Crippen LogP contribution in [0.25, 0.3) is 0 Å². The van der Waals surface area contributed by atoms with Crippen LogP contribution >= 0.6 is 0 Å². The summed E-state index contributed by atoms with van der Waals surface area (Å²) in [5.74, 6) is 0. The Morgan fingerprint density at radius 2 is 1.89 bits per heavy atom. The second-order valence-corrected chi connectivity index (χ2v) is 6.88. The van der Waals surface area contributed by atoms with Crippen molar-refractivity contribution >= 4 is 10.0 Å². The minimum Gasteiger partial charge on any atom is -0.328 e. The highest BCUT2D eigenvalue weighted by Crippen LogP contribution is 2.18. The van der Waals surface area contributed by atoms with E-state index in [9.17, 15) is 8.42 Å². The van der Waals surface area contributed by atoms with Crippen molar-refractivity contribution < 1.29 is 8.42 Å². The van der Waals surface area contributed by atoms with Gasteiger partial charge in [-0.3, -0.25) is 0 Å². The van der Waals surface area contributed by atoms with Crippen LogP contribution in [0.2, 0.25) is 0 Å². The van der Waals surface area contributed by atoms with Crippen LogP contribution in [0.1, 0.15) is 24.5 Å². The number of hydrogen-bond donors (Lipinski definition) is 1. The molecule has 0 fully saturated rings. The molecule has 0 saturated heterocycles. The summed E-state index contributed by atoms with van der Waals surface area (Å²) in [7, 11) is -1.81. The van der Waals surface area contributed by atoms with Gasteiger partial charge in [0.25, 0.3) is 0 Å². The maximum atomic E-state index is 12.3. The lowest BCUT2D eigenvalue weighted by molar-refractivity contribution is 0.446.